The van der Waals surface area contributed by atoms with Gasteiger partial charge in [-0.25, -0.2) is 0 Å². The van der Waals surface area contributed by atoms with Gasteiger partial charge in [-0.05, 0) is 54.1 Å². The fourth-order valence-electron chi connectivity index (χ4n) is 4.31. The molecule has 4 aromatic carbocycles. The minimum absolute atomic E-state index is 0.296. The van der Waals surface area contributed by atoms with E-state index >= 15 is 0 Å². The maximum Gasteiger partial charge on any atom is 0.308 e. The third kappa shape index (κ3) is 4.69. The minimum atomic E-state index is -2.10. The lowest BCUT2D eigenvalue weighted by molar-refractivity contribution is -0.132. The van der Waals surface area contributed by atoms with Gasteiger partial charge in [0.2, 0.25) is 5.75 Å². The first-order valence-corrected chi connectivity index (χ1v) is 13.0. The van der Waals surface area contributed by atoms with Crippen molar-refractivity contribution in [2.24, 2.45) is 0 Å². The second kappa shape index (κ2) is 10.5. The van der Waals surface area contributed by atoms with Crippen molar-refractivity contribution in [3.63, 3.8) is 0 Å². The summed E-state index contributed by atoms with van der Waals surface area (Å²) in [6.07, 6.45) is 0.748. The molecule has 0 radical (unpaired) electrons. The van der Waals surface area contributed by atoms with Crippen LogP contribution in [0.5, 0.6) is 17.2 Å². The molecule has 0 unspecified atom stereocenters. The molecule has 0 N–H and O–H groups in total. The third-order valence-corrected chi connectivity index (χ3v) is 10.2. The minimum Gasteiger partial charge on any atom is -0.493 e. The number of hydrogen-bond donors (Lipinski definition) is 0. The highest BCUT2D eigenvalue weighted by atomic mass is 31.2. The van der Waals surface area contributed by atoms with Gasteiger partial charge in [0, 0.05) is 6.92 Å². The van der Waals surface area contributed by atoms with E-state index < -0.39 is 13.2 Å². The Hall–Kier alpha value is -3.62. The van der Waals surface area contributed by atoms with Gasteiger partial charge in [0.1, 0.15) is 23.2 Å². The van der Waals surface area contributed by atoms with Crippen molar-refractivity contribution in [3.05, 3.63) is 109 Å². The molecule has 5 heteroatoms. The molecule has 4 rings (SSSR count). The molecule has 0 aliphatic heterocycles. The third-order valence-electron chi connectivity index (χ3n) is 5.78. The molecule has 4 nitrogen and oxygen atoms in total. The van der Waals surface area contributed by atoms with Crippen LogP contribution in [-0.2, 0) is 11.0 Å². The Labute approximate surface area is 201 Å². The van der Waals surface area contributed by atoms with Gasteiger partial charge in [0.25, 0.3) is 0 Å². The number of methoxy groups -OCH3 is 2. The lowest BCUT2D eigenvalue weighted by Crippen LogP contribution is -2.32. The molecule has 0 aromatic heterocycles. The van der Waals surface area contributed by atoms with Gasteiger partial charge in [0.15, 0.2) is 11.5 Å². The van der Waals surface area contributed by atoms with E-state index in [0.29, 0.717) is 17.2 Å². The lowest BCUT2D eigenvalue weighted by atomic mass is 10.2. The number of benzene rings is 4. The highest BCUT2D eigenvalue weighted by Crippen LogP contribution is 2.59. The Morgan fingerprint density at radius 3 is 1.38 bits per heavy atom. The van der Waals surface area contributed by atoms with Crippen molar-refractivity contribution >= 4 is 29.1 Å². The van der Waals surface area contributed by atoms with Gasteiger partial charge in [-0.15, -0.1) is 0 Å². The van der Waals surface area contributed by atoms with Crippen molar-refractivity contribution in [3.8, 4) is 17.2 Å². The molecule has 0 saturated heterocycles. The molecule has 0 amide bonds. The zero-order chi connectivity index (χ0) is 24.0. The summed E-state index contributed by atoms with van der Waals surface area (Å²) in [6, 6.07) is 35.9. The van der Waals surface area contributed by atoms with Crippen molar-refractivity contribution < 1.29 is 19.0 Å². The second-order valence-electron chi connectivity index (χ2n) is 7.90. The van der Waals surface area contributed by atoms with E-state index in [0.717, 1.165) is 11.7 Å². The molecule has 0 spiro atoms. The highest BCUT2D eigenvalue weighted by Gasteiger charge is 2.45. The molecule has 0 aliphatic carbocycles. The summed E-state index contributed by atoms with van der Waals surface area (Å²) < 4.78 is 16.6. The van der Waals surface area contributed by atoms with Crippen LogP contribution in [0.2, 0.25) is 0 Å². The molecule has 172 valence electrons. The Balaban J connectivity index is 1.97. The largest absolute Gasteiger partial charge is 0.493 e. The van der Waals surface area contributed by atoms with Gasteiger partial charge >= 0.3 is 5.97 Å². The predicted molar refractivity (Wildman–Crippen MR) is 140 cm³/mol. The summed E-state index contributed by atoms with van der Waals surface area (Å²) in [5.74, 6) is 0.807. The van der Waals surface area contributed by atoms with Crippen molar-refractivity contribution in [1.82, 2.24) is 0 Å². The highest BCUT2D eigenvalue weighted by molar-refractivity contribution is 7.95. The molecule has 0 atom stereocenters. The van der Waals surface area contributed by atoms with E-state index in [2.05, 4.69) is 72.8 Å². The van der Waals surface area contributed by atoms with Crippen LogP contribution in [0.15, 0.2) is 103 Å². The molecule has 4 aromatic rings. The molecule has 0 fully saturated rings. The number of rotatable bonds is 8. The molecule has 0 heterocycles. The molecular weight excluding hydrogens is 443 g/mol. The summed E-state index contributed by atoms with van der Waals surface area (Å²) in [7, 11) is 1.04. The van der Waals surface area contributed by atoms with Gasteiger partial charge in [-0.1, -0.05) is 54.6 Å². The van der Waals surface area contributed by atoms with Crippen LogP contribution in [0.1, 0.15) is 12.5 Å². The van der Waals surface area contributed by atoms with Gasteiger partial charge in [-0.3, -0.25) is 4.79 Å². The van der Waals surface area contributed by atoms with E-state index in [1.165, 1.54) is 22.8 Å². The predicted octanol–water partition coefficient (Wildman–Crippen LogP) is 5.12. The van der Waals surface area contributed by atoms with Crippen LogP contribution in [0.25, 0.3) is 0 Å². The van der Waals surface area contributed by atoms with Crippen molar-refractivity contribution in [1.29, 1.82) is 0 Å². The number of ether oxygens (including phenoxy) is 3. The lowest BCUT2D eigenvalue weighted by Gasteiger charge is -2.28. The first-order valence-electron chi connectivity index (χ1n) is 11.1. The van der Waals surface area contributed by atoms with E-state index in [9.17, 15) is 4.79 Å². The Kier molecular flexibility index (Phi) is 7.30. The Bertz CT molecular complexity index is 1120. The topological polar surface area (TPSA) is 44.8 Å². The Morgan fingerprint density at radius 2 is 1.06 bits per heavy atom. The van der Waals surface area contributed by atoms with E-state index in [1.807, 2.05) is 30.3 Å². The molecule has 34 heavy (non-hydrogen) atoms. The molecule has 0 saturated carbocycles. The average molecular weight is 472 g/mol. The fourth-order valence-corrected chi connectivity index (χ4v) is 8.53. The smallest absolute Gasteiger partial charge is 0.308 e. The SMILES string of the molecule is COc1cc(C[P+](c2ccccc2)(c2ccccc2)c2ccccc2)cc(OC)c1OC(C)=O. The second-order valence-corrected chi connectivity index (χ2v) is 11.4. The van der Waals surface area contributed by atoms with Crippen LogP contribution in [-0.4, -0.2) is 20.2 Å². The summed E-state index contributed by atoms with van der Waals surface area (Å²) in [5, 5.41) is 3.86. The van der Waals surface area contributed by atoms with Crippen LogP contribution in [0.4, 0.5) is 0 Å². The van der Waals surface area contributed by atoms with Crippen LogP contribution in [0, 0.1) is 0 Å². The summed E-state index contributed by atoms with van der Waals surface area (Å²) in [6.45, 7) is 1.36. The maximum atomic E-state index is 11.7. The van der Waals surface area contributed by atoms with Crippen LogP contribution < -0.4 is 30.1 Å². The Morgan fingerprint density at radius 1 is 0.676 bits per heavy atom. The summed E-state index contributed by atoms with van der Waals surface area (Å²) >= 11 is 0. The zero-order valence-electron chi connectivity index (χ0n) is 19.6. The van der Waals surface area contributed by atoms with Crippen LogP contribution >= 0.6 is 7.26 Å². The van der Waals surface area contributed by atoms with Crippen LogP contribution in [0.3, 0.4) is 0 Å². The first kappa shape index (κ1) is 23.5. The first-order chi connectivity index (χ1) is 16.6. The summed E-state index contributed by atoms with van der Waals surface area (Å²) in [5.41, 5.74) is 1.04. The number of carbonyl (C=O) groups is 1. The fraction of sp³-hybridized carbons (Fsp3) is 0.138. The quantitative estimate of drug-likeness (QED) is 0.203. The normalized spacial score (nSPS) is 11.0. The van der Waals surface area contributed by atoms with Gasteiger partial charge in [0.05, 0.1) is 20.4 Å². The van der Waals surface area contributed by atoms with Crippen molar-refractivity contribution in [2.75, 3.05) is 14.2 Å². The zero-order valence-corrected chi connectivity index (χ0v) is 20.5. The molecular formula is C29H28O4P+. The van der Waals surface area contributed by atoms with E-state index in [1.54, 1.807) is 14.2 Å². The number of esters is 1. The van der Waals surface area contributed by atoms with Gasteiger partial charge in [-0.2, -0.15) is 0 Å². The summed E-state index contributed by atoms with van der Waals surface area (Å²) in [4.78, 5) is 11.7. The standard InChI is InChI=1S/C29H28O4P/c1-22(30)33-29-27(31-2)19-23(20-28(29)32-3)21-34(24-13-7-4-8-14-24,25-15-9-5-10-16-25)26-17-11-6-12-18-26/h4-20H,21H2,1-3H3/q+1. The average Bonchev–Trinajstić information content (AvgIpc) is 2.89. The maximum absolute atomic E-state index is 11.7. The van der Waals surface area contributed by atoms with Gasteiger partial charge < -0.3 is 14.2 Å². The molecule has 0 bridgehead atoms. The van der Waals surface area contributed by atoms with E-state index in [-0.39, 0.29) is 0 Å². The molecule has 0 aliphatic rings. The van der Waals surface area contributed by atoms with Crippen molar-refractivity contribution in [2.45, 2.75) is 13.1 Å². The number of hydrogen-bond acceptors (Lipinski definition) is 4. The van der Waals surface area contributed by atoms with E-state index in [4.69, 9.17) is 14.2 Å². The number of carbonyl (C=O) groups excluding carboxylic acids is 1. The monoisotopic (exact) mass is 471 g/mol.